The lowest BCUT2D eigenvalue weighted by molar-refractivity contribution is 0.0236. The van der Waals surface area contributed by atoms with Crippen molar-refractivity contribution in [1.29, 1.82) is 0 Å². The number of hydrogen-bond donors (Lipinski definition) is 0. The van der Waals surface area contributed by atoms with Gasteiger partial charge in [0.25, 0.3) is 0 Å². The highest BCUT2D eigenvalue weighted by atomic mass is 16.5. The van der Waals surface area contributed by atoms with Gasteiger partial charge >= 0.3 is 0 Å². The molecular weight excluding hydrogens is 162 g/mol. The molecular formula is C11H25NO. The predicted octanol–water partition coefficient (Wildman–Crippen LogP) is 2.39. The zero-order valence-electron chi connectivity index (χ0n) is 9.89. The van der Waals surface area contributed by atoms with Gasteiger partial charge in [0, 0.05) is 19.6 Å². The van der Waals surface area contributed by atoms with Gasteiger partial charge in [-0.2, -0.15) is 0 Å². The molecule has 0 bridgehead atoms. The molecule has 0 unspecified atom stereocenters. The van der Waals surface area contributed by atoms with Crippen molar-refractivity contribution < 1.29 is 4.74 Å². The van der Waals surface area contributed by atoms with E-state index in [1.54, 1.807) is 0 Å². The van der Waals surface area contributed by atoms with Crippen LogP contribution in [0.1, 0.15) is 34.6 Å². The molecule has 0 aromatic rings. The smallest absolute Gasteiger partial charge is 0.0594 e. The van der Waals surface area contributed by atoms with Crippen LogP contribution in [-0.2, 0) is 4.74 Å². The molecule has 0 N–H and O–H groups in total. The van der Waals surface area contributed by atoms with E-state index in [4.69, 9.17) is 4.74 Å². The average molecular weight is 187 g/mol. The highest BCUT2D eigenvalue weighted by Gasteiger charge is 2.17. The average Bonchev–Trinajstić information content (AvgIpc) is 2.07. The lowest BCUT2D eigenvalue weighted by atomic mass is 9.96. The predicted molar refractivity (Wildman–Crippen MR) is 58.1 cm³/mol. The fourth-order valence-electron chi connectivity index (χ4n) is 1.43. The van der Waals surface area contributed by atoms with Crippen molar-refractivity contribution >= 4 is 0 Å². The summed E-state index contributed by atoms with van der Waals surface area (Å²) in [6.45, 7) is 16.1. The van der Waals surface area contributed by atoms with Crippen LogP contribution in [0.2, 0.25) is 0 Å². The number of morpholine rings is 1. The van der Waals surface area contributed by atoms with Crippen LogP contribution in [0, 0.1) is 5.41 Å². The normalized spacial score (nSPS) is 19.2. The fraction of sp³-hybridized carbons (Fsp3) is 1.00. The summed E-state index contributed by atoms with van der Waals surface area (Å²) in [5.41, 5.74) is 0.428. The van der Waals surface area contributed by atoms with Crippen molar-refractivity contribution in [1.82, 2.24) is 4.90 Å². The third-order valence-electron chi connectivity index (χ3n) is 1.80. The number of nitrogens with zero attached hydrogens (tertiary/aromatic N) is 1. The van der Waals surface area contributed by atoms with Crippen LogP contribution < -0.4 is 0 Å². The van der Waals surface area contributed by atoms with Gasteiger partial charge in [0.2, 0.25) is 0 Å². The molecule has 1 aliphatic heterocycles. The minimum Gasteiger partial charge on any atom is -0.379 e. The van der Waals surface area contributed by atoms with Gasteiger partial charge in [0.15, 0.2) is 0 Å². The first-order valence-corrected chi connectivity index (χ1v) is 5.38. The topological polar surface area (TPSA) is 12.5 Å². The van der Waals surface area contributed by atoms with Gasteiger partial charge in [-0.25, -0.2) is 0 Å². The van der Waals surface area contributed by atoms with Gasteiger partial charge in [-0.3, -0.25) is 4.90 Å². The van der Waals surface area contributed by atoms with Crippen molar-refractivity contribution in [3.63, 3.8) is 0 Å². The molecule has 2 nitrogen and oxygen atoms in total. The third-order valence-corrected chi connectivity index (χ3v) is 1.80. The Labute approximate surface area is 83.3 Å². The van der Waals surface area contributed by atoms with E-state index in [0.717, 1.165) is 26.3 Å². The maximum atomic E-state index is 5.27. The Morgan fingerprint density at radius 1 is 1.08 bits per heavy atom. The van der Waals surface area contributed by atoms with Crippen molar-refractivity contribution in [2.45, 2.75) is 34.6 Å². The molecule has 0 saturated carbocycles. The van der Waals surface area contributed by atoms with E-state index in [9.17, 15) is 0 Å². The minimum absolute atomic E-state index is 0.428. The summed E-state index contributed by atoms with van der Waals surface area (Å²) < 4.78 is 5.27. The van der Waals surface area contributed by atoms with Crippen molar-refractivity contribution in [3.8, 4) is 0 Å². The van der Waals surface area contributed by atoms with Gasteiger partial charge in [-0.05, 0) is 5.41 Å². The Kier molecular flexibility index (Phi) is 6.35. The molecule has 80 valence electrons. The number of hydrogen-bond acceptors (Lipinski definition) is 2. The molecule has 0 amide bonds. The molecule has 13 heavy (non-hydrogen) atoms. The SMILES string of the molecule is CC.CC(C)(C)CN1CCOCC1. The van der Waals surface area contributed by atoms with Crippen LogP contribution in [0.5, 0.6) is 0 Å². The van der Waals surface area contributed by atoms with Gasteiger partial charge in [-0.15, -0.1) is 0 Å². The molecule has 0 aliphatic carbocycles. The van der Waals surface area contributed by atoms with E-state index in [1.807, 2.05) is 13.8 Å². The summed E-state index contributed by atoms with van der Waals surface area (Å²) in [5, 5.41) is 0. The van der Waals surface area contributed by atoms with Crippen LogP contribution in [0.25, 0.3) is 0 Å². The van der Waals surface area contributed by atoms with Crippen LogP contribution in [0.4, 0.5) is 0 Å². The van der Waals surface area contributed by atoms with E-state index in [0.29, 0.717) is 5.41 Å². The minimum atomic E-state index is 0.428. The monoisotopic (exact) mass is 187 g/mol. The largest absolute Gasteiger partial charge is 0.379 e. The summed E-state index contributed by atoms with van der Waals surface area (Å²) in [5.74, 6) is 0. The zero-order chi connectivity index (χ0) is 10.3. The van der Waals surface area contributed by atoms with Gasteiger partial charge in [0.1, 0.15) is 0 Å². The first-order valence-electron chi connectivity index (χ1n) is 5.38. The highest BCUT2D eigenvalue weighted by molar-refractivity contribution is 4.70. The molecule has 2 heteroatoms. The molecule has 1 fully saturated rings. The van der Waals surface area contributed by atoms with Crippen molar-refractivity contribution in [2.24, 2.45) is 5.41 Å². The third kappa shape index (κ3) is 7.03. The lowest BCUT2D eigenvalue weighted by Gasteiger charge is -2.32. The molecule has 1 rings (SSSR count). The molecule has 1 aliphatic rings. The summed E-state index contributed by atoms with van der Waals surface area (Å²) in [4.78, 5) is 2.48. The van der Waals surface area contributed by atoms with Crippen LogP contribution in [0.3, 0.4) is 0 Å². The quantitative estimate of drug-likeness (QED) is 0.625. The second-order valence-electron chi connectivity index (χ2n) is 4.45. The second kappa shape index (κ2) is 6.39. The Hall–Kier alpha value is -0.0800. The molecule has 0 aromatic carbocycles. The highest BCUT2D eigenvalue weighted by Crippen LogP contribution is 2.15. The maximum absolute atomic E-state index is 5.27. The molecule has 0 atom stereocenters. The van der Waals surface area contributed by atoms with E-state index in [1.165, 1.54) is 6.54 Å². The second-order valence-corrected chi connectivity index (χ2v) is 4.45. The summed E-state index contributed by atoms with van der Waals surface area (Å²) in [6, 6.07) is 0. The van der Waals surface area contributed by atoms with Crippen LogP contribution in [-0.4, -0.2) is 37.7 Å². The Morgan fingerprint density at radius 2 is 1.54 bits per heavy atom. The Morgan fingerprint density at radius 3 is 1.92 bits per heavy atom. The summed E-state index contributed by atoms with van der Waals surface area (Å²) in [7, 11) is 0. The standard InChI is InChI=1S/C9H19NO.C2H6/c1-9(2,3)8-10-4-6-11-7-5-10;1-2/h4-8H2,1-3H3;1-2H3. The molecule has 1 saturated heterocycles. The van der Waals surface area contributed by atoms with Crippen molar-refractivity contribution in [2.75, 3.05) is 32.8 Å². The van der Waals surface area contributed by atoms with Gasteiger partial charge < -0.3 is 4.74 Å². The number of ether oxygens (including phenoxy) is 1. The molecule has 0 radical (unpaired) electrons. The zero-order valence-corrected chi connectivity index (χ0v) is 9.89. The fourth-order valence-corrected chi connectivity index (χ4v) is 1.43. The van der Waals surface area contributed by atoms with E-state index in [2.05, 4.69) is 25.7 Å². The van der Waals surface area contributed by atoms with E-state index >= 15 is 0 Å². The van der Waals surface area contributed by atoms with Gasteiger partial charge in [-0.1, -0.05) is 34.6 Å². The molecule has 0 spiro atoms. The first kappa shape index (κ1) is 12.9. The molecule has 0 aromatic heterocycles. The number of rotatable bonds is 1. The summed E-state index contributed by atoms with van der Waals surface area (Å²) >= 11 is 0. The van der Waals surface area contributed by atoms with Gasteiger partial charge in [0.05, 0.1) is 13.2 Å². The lowest BCUT2D eigenvalue weighted by Crippen LogP contribution is -2.41. The Balaban J connectivity index is 0.000000671. The van der Waals surface area contributed by atoms with Crippen LogP contribution in [0.15, 0.2) is 0 Å². The van der Waals surface area contributed by atoms with Crippen molar-refractivity contribution in [3.05, 3.63) is 0 Å². The summed E-state index contributed by atoms with van der Waals surface area (Å²) in [6.07, 6.45) is 0. The Bertz CT molecular complexity index is 112. The van der Waals surface area contributed by atoms with E-state index in [-0.39, 0.29) is 0 Å². The van der Waals surface area contributed by atoms with E-state index < -0.39 is 0 Å². The maximum Gasteiger partial charge on any atom is 0.0594 e. The first-order chi connectivity index (χ1) is 6.08. The van der Waals surface area contributed by atoms with Crippen LogP contribution >= 0.6 is 0 Å². The molecule has 1 heterocycles.